The van der Waals surface area contributed by atoms with E-state index >= 15 is 0 Å². The number of carboxylic acid groups (broad SMARTS) is 1. The number of hydrogen-bond acceptors (Lipinski definition) is 6. The summed E-state index contributed by atoms with van der Waals surface area (Å²) in [5.41, 5.74) is -0.911. The molecule has 4 rings (SSSR count). The van der Waals surface area contributed by atoms with Crippen LogP contribution >= 0.6 is 0 Å². The van der Waals surface area contributed by atoms with Crippen molar-refractivity contribution in [1.82, 2.24) is 25.3 Å². The number of fused-ring (bicyclic) bond motifs is 1. The molecule has 1 saturated heterocycles. The Bertz CT molecular complexity index is 1150. The molecule has 4 N–H and O–H groups in total. The summed E-state index contributed by atoms with van der Waals surface area (Å²) in [6.45, 7) is 0.319. The first-order valence-electron chi connectivity index (χ1n) is 9.63. The van der Waals surface area contributed by atoms with Crippen molar-refractivity contribution in [3.05, 3.63) is 42.2 Å². The Kier molecular flexibility index (Phi) is 5.55. The van der Waals surface area contributed by atoms with E-state index < -0.39 is 29.8 Å². The molecule has 0 spiro atoms. The highest BCUT2D eigenvalue weighted by molar-refractivity contribution is 6.11. The monoisotopic (exact) mass is 449 g/mol. The van der Waals surface area contributed by atoms with Crippen molar-refractivity contribution in [3.8, 4) is 0 Å². The molecule has 0 aliphatic carbocycles. The van der Waals surface area contributed by atoms with Gasteiger partial charge < -0.3 is 25.6 Å². The van der Waals surface area contributed by atoms with Gasteiger partial charge in [0.05, 0.1) is 28.5 Å². The summed E-state index contributed by atoms with van der Waals surface area (Å²) < 4.78 is 41.7. The number of amides is 2. The summed E-state index contributed by atoms with van der Waals surface area (Å²) in [4.78, 5) is 39.4. The lowest BCUT2D eigenvalue weighted by Gasteiger charge is -2.36. The number of aromatic nitrogens is 4. The minimum absolute atomic E-state index is 0.00738. The molecule has 1 aliphatic heterocycles. The Labute approximate surface area is 178 Å². The molecule has 1 aliphatic rings. The molecule has 3 aromatic heterocycles. The highest BCUT2D eigenvalue weighted by Gasteiger charge is 2.38. The number of anilines is 2. The number of carbonyl (C=O) groups is 2. The molecule has 3 aromatic rings. The molecule has 168 valence electrons. The van der Waals surface area contributed by atoms with Crippen LogP contribution in [0.2, 0.25) is 0 Å². The van der Waals surface area contributed by atoms with Crippen molar-refractivity contribution in [2.24, 2.45) is 0 Å². The molecule has 13 heteroatoms. The van der Waals surface area contributed by atoms with Crippen LogP contribution in [0.15, 0.2) is 31.0 Å². The fourth-order valence-corrected chi connectivity index (χ4v) is 3.79. The minimum Gasteiger partial charge on any atom is -0.465 e. The van der Waals surface area contributed by atoms with Gasteiger partial charge in [0.25, 0.3) is 5.91 Å². The van der Waals surface area contributed by atoms with Crippen LogP contribution in [0.3, 0.4) is 0 Å². The van der Waals surface area contributed by atoms with Crippen molar-refractivity contribution in [3.63, 3.8) is 0 Å². The van der Waals surface area contributed by atoms with Gasteiger partial charge in [-0.05, 0) is 12.8 Å². The highest BCUT2D eigenvalue weighted by atomic mass is 19.4. The third kappa shape index (κ3) is 4.26. The van der Waals surface area contributed by atoms with Gasteiger partial charge in [-0.1, -0.05) is 0 Å². The molecular formula is C19H18F3N7O3. The Hall–Kier alpha value is -3.90. The normalized spacial score (nSPS) is 16.7. The van der Waals surface area contributed by atoms with Gasteiger partial charge >= 0.3 is 12.3 Å². The van der Waals surface area contributed by atoms with Crippen molar-refractivity contribution in [1.29, 1.82) is 0 Å². The number of nitrogens with one attached hydrogen (secondary N) is 3. The van der Waals surface area contributed by atoms with Crippen LogP contribution in [0.25, 0.3) is 11.0 Å². The van der Waals surface area contributed by atoms with Gasteiger partial charge in [-0.15, -0.1) is 0 Å². The Balaban J connectivity index is 1.79. The molecule has 0 aromatic carbocycles. The zero-order valence-corrected chi connectivity index (χ0v) is 16.5. The van der Waals surface area contributed by atoms with Gasteiger partial charge in [0.1, 0.15) is 11.3 Å². The second-order valence-electron chi connectivity index (χ2n) is 7.22. The fraction of sp³-hybridized carbons (Fsp3) is 0.316. The fourth-order valence-electron chi connectivity index (χ4n) is 3.79. The third-order valence-electron chi connectivity index (χ3n) is 5.09. The van der Waals surface area contributed by atoms with Gasteiger partial charge in [-0.3, -0.25) is 9.78 Å². The van der Waals surface area contributed by atoms with Gasteiger partial charge in [-0.25, -0.2) is 14.8 Å². The lowest BCUT2D eigenvalue weighted by atomic mass is 10.0. The van der Waals surface area contributed by atoms with Gasteiger partial charge in [0.2, 0.25) is 0 Å². The SMILES string of the molecule is O=C(O)NC1CCCN(c2c(C(F)(F)F)cnc3[nH]cc(NC(=O)c4cnccn4)c23)C1. The van der Waals surface area contributed by atoms with E-state index in [0.29, 0.717) is 12.8 Å². The average molecular weight is 449 g/mol. The molecule has 10 nitrogen and oxygen atoms in total. The Morgan fingerprint density at radius 1 is 1.22 bits per heavy atom. The van der Waals surface area contributed by atoms with Crippen molar-refractivity contribution < 1.29 is 27.9 Å². The number of halogens is 3. The van der Waals surface area contributed by atoms with E-state index in [-0.39, 0.29) is 41.2 Å². The van der Waals surface area contributed by atoms with E-state index in [1.165, 1.54) is 29.7 Å². The summed E-state index contributed by atoms with van der Waals surface area (Å²) >= 11 is 0. The molecule has 2 amide bonds. The standard InChI is InChI=1S/C19H18F3N7O3/c20-19(21,22)11-6-25-16-14(15(11)29-5-1-2-10(9-29)27-18(31)32)12(8-26-16)28-17(30)13-7-23-3-4-24-13/h3-4,6-8,10,27H,1-2,5,9H2,(H,25,26)(H,28,30)(H,31,32). The van der Waals surface area contributed by atoms with Crippen LogP contribution in [-0.2, 0) is 6.18 Å². The highest BCUT2D eigenvalue weighted by Crippen LogP contribution is 2.43. The number of alkyl halides is 3. The Morgan fingerprint density at radius 3 is 2.72 bits per heavy atom. The number of H-pyrrole nitrogens is 1. The zero-order valence-electron chi connectivity index (χ0n) is 16.5. The molecular weight excluding hydrogens is 431 g/mol. The average Bonchev–Trinajstić information content (AvgIpc) is 3.15. The summed E-state index contributed by atoms with van der Waals surface area (Å²) in [5.74, 6) is -0.647. The molecule has 0 bridgehead atoms. The predicted molar refractivity (Wildman–Crippen MR) is 107 cm³/mol. The smallest absolute Gasteiger partial charge is 0.419 e. The number of carbonyl (C=O) groups excluding carboxylic acids is 1. The van der Waals surface area contributed by atoms with Crippen LogP contribution < -0.4 is 15.5 Å². The maximum atomic E-state index is 13.9. The summed E-state index contributed by atoms with van der Waals surface area (Å²) in [7, 11) is 0. The molecule has 32 heavy (non-hydrogen) atoms. The molecule has 4 heterocycles. The molecule has 1 fully saturated rings. The predicted octanol–water partition coefficient (Wildman–Crippen LogP) is 2.86. The van der Waals surface area contributed by atoms with Crippen LogP contribution in [0.1, 0.15) is 28.9 Å². The summed E-state index contributed by atoms with van der Waals surface area (Å²) in [6.07, 6.45) is 1.05. The first-order valence-corrected chi connectivity index (χ1v) is 9.63. The van der Waals surface area contributed by atoms with E-state index in [1.807, 2.05) is 0 Å². The maximum absolute atomic E-state index is 13.9. The first kappa shape index (κ1) is 21.3. The van der Waals surface area contributed by atoms with Crippen molar-refractivity contribution in [2.45, 2.75) is 25.1 Å². The molecule has 1 atom stereocenters. The van der Waals surface area contributed by atoms with E-state index in [9.17, 15) is 22.8 Å². The van der Waals surface area contributed by atoms with Gasteiger partial charge in [0, 0.05) is 43.9 Å². The van der Waals surface area contributed by atoms with Crippen molar-refractivity contribution >= 4 is 34.4 Å². The number of pyridine rings is 1. The minimum atomic E-state index is -4.72. The second-order valence-corrected chi connectivity index (χ2v) is 7.22. The number of rotatable bonds is 4. The topological polar surface area (TPSA) is 136 Å². The second kappa shape index (κ2) is 8.32. The van der Waals surface area contributed by atoms with Crippen LogP contribution in [0, 0.1) is 0 Å². The van der Waals surface area contributed by atoms with Crippen LogP contribution in [0.5, 0.6) is 0 Å². The first-order chi connectivity index (χ1) is 15.2. The van der Waals surface area contributed by atoms with E-state index in [0.717, 1.165) is 6.20 Å². The quantitative estimate of drug-likeness (QED) is 0.481. The van der Waals surface area contributed by atoms with Crippen LogP contribution in [0.4, 0.5) is 29.3 Å². The lowest BCUT2D eigenvalue weighted by molar-refractivity contribution is -0.137. The van der Waals surface area contributed by atoms with E-state index in [4.69, 9.17) is 5.11 Å². The van der Waals surface area contributed by atoms with Crippen LogP contribution in [-0.4, -0.2) is 56.2 Å². The lowest BCUT2D eigenvalue weighted by Crippen LogP contribution is -2.48. The van der Waals surface area contributed by atoms with Crippen molar-refractivity contribution in [2.75, 3.05) is 23.3 Å². The van der Waals surface area contributed by atoms with Gasteiger partial charge in [0.15, 0.2) is 0 Å². The summed E-state index contributed by atoms with van der Waals surface area (Å²) in [6, 6.07) is -0.540. The number of piperidine rings is 1. The third-order valence-corrected chi connectivity index (χ3v) is 5.09. The summed E-state index contributed by atoms with van der Waals surface area (Å²) in [5, 5.41) is 14.0. The number of nitrogens with zero attached hydrogens (tertiary/aromatic N) is 4. The number of hydrogen-bond donors (Lipinski definition) is 4. The van der Waals surface area contributed by atoms with Gasteiger partial charge in [-0.2, -0.15) is 13.2 Å². The largest absolute Gasteiger partial charge is 0.465 e. The zero-order chi connectivity index (χ0) is 22.9. The molecule has 0 radical (unpaired) electrons. The maximum Gasteiger partial charge on any atom is 0.419 e. The molecule has 1 unspecified atom stereocenters. The van der Waals surface area contributed by atoms with E-state index in [1.54, 1.807) is 0 Å². The molecule has 0 saturated carbocycles. The Morgan fingerprint density at radius 2 is 2.03 bits per heavy atom. The van der Waals surface area contributed by atoms with E-state index in [2.05, 4.69) is 30.6 Å². The number of aromatic amines is 1.